The van der Waals surface area contributed by atoms with E-state index < -0.39 is 10.0 Å². The minimum atomic E-state index is -3.34. The van der Waals surface area contributed by atoms with E-state index in [1.54, 1.807) is 34.8 Å². The van der Waals surface area contributed by atoms with Crippen LogP contribution in [0.2, 0.25) is 5.02 Å². The molecule has 148 valence electrons. The Morgan fingerprint density at radius 1 is 1.00 bits per heavy atom. The van der Waals surface area contributed by atoms with Gasteiger partial charge in [0.25, 0.3) is 0 Å². The Balaban J connectivity index is 1.61. The first-order chi connectivity index (χ1) is 13.9. The number of nitrogens with zero attached hydrogens (tertiary/aromatic N) is 4. The van der Waals surface area contributed by atoms with Gasteiger partial charge in [-0.1, -0.05) is 29.8 Å². The first-order valence-electron chi connectivity index (χ1n) is 8.66. The molecule has 0 radical (unpaired) electrons. The second kappa shape index (κ2) is 7.69. The molecule has 0 atom stereocenters. The Morgan fingerprint density at radius 2 is 1.79 bits per heavy atom. The van der Waals surface area contributed by atoms with Gasteiger partial charge in [0.2, 0.25) is 10.0 Å². The number of sulfonamides is 1. The Kier molecular flexibility index (Phi) is 5.08. The fourth-order valence-electron chi connectivity index (χ4n) is 2.87. The van der Waals surface area contributed by atoms with Crippen molar-refractivity contribution in [1.29, 1.82) is 0 Å². The molecule has 29 heavy (non-hydrogen) atoms. The molecule has 0 unspecified atom stereocenters. The number of hydrogen-bond acceptors (Lipinski definition) is 6. The van der Waals surface area contributed by atoms with Crippen molar-refractivity contribution in [2.75, 3.05) is 16.3 Å². The van der Waals surface area contributed by atoms with Gasteiger partial charge in [-0.3, -0.25) is 4.72 Å². The van der Waals surface area contributed by atoms with Crippen LogP contribution in [0.4, 0.5) is 17.2 Å². The third kappa shape index (κ3) is 4.82. The summed E-state index contributed by atoms with van der Waals surface area (Å²) >= 11 is 6.03. The molecule has 0 spiro atoms. The second-order valence-corrected chi connectivity index (χ2v) is 8.68. The van der Waals surface area contributed by atoms with Crippen molar-refractivity contribution in [3.05, 3.63) is 77.1 Å². The maximum atomic E-state index is 11.4. The number of halogens is 1. The number of fused-ring (bicyclic) bond motifs is 1. The van der Waals surface area contributed by atoms with Gasteiger partial charge in [0.05, 0.1) is 6.26 Å². The summed E-state index contributed by atoms with van der Waals surface area (Å²) in [7, 11) is -3.34. The smallest absolute Gasteiger partial charge is 0.229 e. The van der Waals surface area contributed by atoms with Gasteiger partial charge in [-0.15, -0.1) is 15.3 Å². The zero-order valence-electron chi connectivity index (χ0n) is 15.4. The molecule has 0 fully saturated rings. The molecule has 4 rings (SSSR count). The molecular formula is C19H17ClN6O2S. The van der Waals surface area contributed by atoms with Crippen LogP contribution in [-0.4, -0.2) is 34.5 Å². The SMILES string of the molecule is CS(=O)(=O)Nc1cccc(Cc2nnc3ccc(Nc4cccc(Cl)c4)nn23)c1. The van der Waals surface area contributed by atoms with Crippen LogP contribution in [0.5, 0.6) is 0 Å². The van der Waals surface area contributed by atoms with Crippen LogP contribution in [0.3, 0.4) is 0 Å². The molecule has 0 bridgehead atoms. The quantitative estimate of drug-likeness (QED) is 0.487. The van der Waals surface area contributed by atoms with Gasteiger partial charge in [-0.25, -0.2) is 8.42 Å². The summed E-state index contributed by atoms with van der Waals surface area (Å²) in [6.45, 7) is 0. The van der Waals surface area contributed by atoms with E-state index in [1.165, 1.54) is 0 Å². The van der Waals surface area contributed by atoms with Crippen LogP contribution < -0.4 is 10.0 Å². The Labute approximate surface area is 172 Å². The molecule has 0 aliphatic heterocycles. The third-order valence-corrected chi connectivity index (χ3v) is 4.86. The average Bonchev–Trinajstić information content (AvgIpc) is 3.03. The number of benzene rings is 2. The van der Waals surface area contributed by atoms with Crippen molar-refractivity contribution in [1.82, 2.24) is 19.8 Å². The summed E-state index contributed by atoms with van der Waals surface area (Å²) in [6, 6.07) is 18.1. The Bertz CT molecular complexity index is 1290. The summed E-state index contributed by atoms with van der Waals surface area (Å²) in [5.41, 5.74) is 2.80. The van der Waals surface area contributed by atoms with Crippen LogP contribution in [0, 0.1) is 0 Å². The molecule has 0 aliphatic carbocycles. The predicted octanol–water partition coefficient (Wildman–Crippen LogP) is 3.48. The number of aromatic nitrogens is 4. The lowest BCUT2D eigenvalue weighted by atomic mass is 10.1. The van der Waals surface area contributed by atoms with E-state index in [2.05, 4.69) is 25.3 Å². The minimum Gasteiger partial charge on any atom is -0.339 e. The zero-order valence-corrected chi connectivity index (χ0v) is 16.9. The molecule has 4 aromatic rings. The highest BCUT2D eigenvalue weighted by Gasteiger charge is 2.10. The monoisotopic (exact) mass is 428 g/mol. The minimum absolute atomic E-state index is 0.439. The van der Waals surface area contributed by atoms with E-state index >= 15 is 0 Å². The molecule has 2 heterocycles. The van der Waals surface area contributed by atoms with Crippen molar-refractivity contribution in [2.24, 2.45) is 0 Å². The average molecular weight is 429 g/mol. The summed E-state index contributed by atoms with van der Waals surface area (Å²) < 4.78 is 27.0. The largest absolute Gasteiger partial charge is 0.339 e. The molecule has 0 saturated carbocycles. The lowest BCUT2D eigenvalue weighted by molar-refractivity contribution is 0.607. The fourth-order valence-corrected chi connectivity index (χ4v) is 3.61. The fraction of sp³-hybridized carbons (Fsp3) is 0.105. The number of nitrogens with one attached hydrogen (secondary N) is 2. The summed E-state index contributed by atoms with van der Waals surface area (Å²) in [4.78, 5) is 0. The van der Waals surface area contributed by atoms with E-state index in [4.69, 9.17) is 11.6 Å². The second-order valence-electron chi connectivity index (χ2n) is 6.49. The van der Waals surface area contributed by atoms with Gasteiger partial charge >= 0.3 is 0 Å². The zero-order chi connectivity index (χ0) is 20.4. The lowest BCUT2D eigenvalue weighted by Gasteiger charge is -2.08. The topological polar surface area (TPSA) is 101 Å². The van der Waals surface area contributed by atoms with Gasteiger partial charge in [-0.05, 0) is 48.0 Å². The van der Waals surface area contributed by atoms with Crippen LogP contribution in [0.15, 0.2) is 60.7 Å². The van der Waals surface area contributed by atoms with Crippen LogP contribution in [0.25, 0.3) is 5.65 Å². The maximum Gasteiger partial charge on any atom is 0.229 e. The van der Waals surface area contributed by atoms with E-state index in [1.807, 2.05) is 30.3 Å². The first-order valence-corrected chi connectivity index (χ1v) is 10.9. The van der Waals surface area contributed by atoms with Gasteiger partial charge in [0.15, 0.2) is 17.3 Å². The first kappa shape index (κ1) is 19.2. The van der Waals surface area contributed by atoms with E-state index in [-0.39, 0.29) is 0 Å². The molecule has 8 nitrogen and oxygen atoms in total. The molecule has 2 aromatic heterocycles. The number of rotatable bonds is 6. The molecular weight excluding hydrogens is 412 g/mol. The van der Waals surface area contributed by atoms with Crippen LogP contribution in [0.1, 0.15) is 11.4 Å². The lowest BCUT2D eigenvalue weighted by Crippen LogP contribution is -2.09. The van der Waals surface area contributed by atoms with Gasteiger partial charge < -0.3 is 5.32 Å². The van der Waals surface area contributed by atoms with E-state index in [9.17, 15) is 8.42 Å². The molecule has 2 N–H and O–H groups in total. The molecule has 10 heteroatoms. The van der Waals surface area contributed by atoms with Crippen LogP contribution in [-0.2, 0) is 16.4 Å². The molecule has 2 aromatic carbocycles. The summed E-state index contributed by atoms with van der Waals surface area (Å²) in [5.74, 6) is 1.25. The van der Waals surface area contributed by atoms with Crippen molar-refractivity contribution in [2.45, 2.75) is 6.42 Å². The van der Waals surface area contributed by atoms with Crippen molar-refractivity contribution in [3.8, 4) is 0 Å². The summed E-state index contributed by atoms with van der Waals surface area (Å²) in [6.07, 6.45) is 1.55. The highest BCUT2D eigenvalue weighted by atomic mass is 35.5. The van der Waals surface area contributed by atoms with Crippen molar-refractivity contribution < 1.29 is 8.42 Å². The Hall–Kier alpha value is -3.17. The van der Waals surface area contributed by atoms with Crippen molar-refractivity contribution in [3.63, 3.8) is 0 Å². The third-order valence-electron chi connectivity index (χ3n) is 4.02. The van der Waals surface area contributed by atoms with E-state index in [0.29, 0.717) is 34.4 Å². The van der Waals surface area contributed by atoms with Gasteiger partial charge in [0.1, 0.15) is 0 Å². The molecule has 0 amide bonds. The standard InChI is InChI=1S/C19H17ClN6O2S/c1-29(27,28)25-16-7-2-4-13(10-16)11-19-23-22-18-9-8-17(24-26(18)19)21-15-6-3-5-14(20)12-15/h2-10,12,25H,11H2,1H3,(H,21,24). The maximum absolute atomic E-state index is 11.4. The van der Waals surface area contributed by atoms with Gasteiger partial charge in [-0.2, -0.15) is 4.52 Å². The predicted molar refractivity (Wildman–Crippen MR) is 113 cm³/mol. The summed E-state index contributed by atoms with van der Waals surface area (Å²) in [5, 5.41) is 16.8. The highest BCUT2D eigenvalue weighted by Crippen LogP contribution is 2.20. The Morgan fingerprint density at radius 3 is 2.59 bits per heavy atom. The normalized spacial score (nSPS) is 11.5. The molecule has 0 aliphatic rings. The van der Waals surface area contributed by atoms with Gasteiger partial charge in [0, 0.05) is 22.8 Å². The highest BCUT2D eigenvalue weighted by molar-refractivity contribution is 7.92. The van der Waals surface area contributed by atoms with Crippen LogP contribution >= 0.6 is 11.6 Å². The number of anilines is 3. The van der Waals surface area contributed by atoms with Crippen molar-refractivity contribution >= 4 is 44.5 Å². The molecule has 0 saturated heterocycles. The van der Waals surface area contributed by atoms with E-state index in [0.717, 1.165) is 17.5 Å². The number of hydrogen-bond donors (Lipinski definition) is 2.